The molecule has 0 spiro atoms. The normalized spacial score (nSPS) is 39.7. The first-order chi connectivity index (χ1) is 8.33. The molecule has 2 saturated carbocycles. The molecule has 3 fully saturated rings. The molecule has 0 radical (unpaired) electrons. The maximum atomic E-state index is 5.44. The van der Waals surface area contributed by atoms with Gasteiger partial charge in [-0.1, -0.05) is 6.42 Å². The Morgan fingerprint density at radius 1 is 1.12 bits per heavy atom. The third-order valence-electron chi connectivity index (χ3n) is 5.56. The van der Waals surface area contributed by atoms with Gasteiger partial charge in [0, 0.05) is 19.3 Å². The van der Waals surface area contributed by atoms with Crippen LogP contribution in [0.15, 0.2) is 0 Å². The zero-order chi connectivity index (χ0) is 11.7. The molecule has 1 saturated heterocycles. The maximum Gasteiger partial charge on any atom is 0.0469 e. The SMILES string of the molecule is CC(NCC1CC2CCC1C2)C1CCOCC1. The molecule has 0 aromatic rings. The first kappa shape index (κ1) is 12.0. The molecule has 2 nitrogen and oxygen atoms in total. The largest absolute Gasteiger partial charge is 0.381 e. The molecule has 1 N–H and O–H groups in total. The summed E-state index contributed by atoms with van der Waals surface area (Å²) in [5, 5.41) is 3.82. The van der Waals surface area contributed by atoms with Crippen LogP contribution in [0.1, 0.15) is 45.4 Å². The minimum absolute atomic E-state index is 0.693. The van der Waals surface area contributed by atoms with Gasteiger partial charge in [0.1, 0.15) is 0 Å². The minimum atomic E-state index is 0.693. The first-order valence-corrected chi connectivity index (χ1v) is 7.64. The van der Waals surface area contributed by atoms with E-state index in [0.717, 1.165) is 36.9 Å². The quantitative estimate of drug-likeness (QED) is 0.812. The molecule has 0 aromatic carbocycles. The van der Waals surface area contributed by atoms with Crippen molar-refractivity contribution in [2.24, 2.45) is 23.7 Å². The van der Waals surface area contributed by atoms with E-state index in [0.29, 0.717) is 6.04 Å². The first-order valence-electron chi connectivity index (χ1n) is 7.64. The van der Waals surface area contributed by atoms with Gasteiger partial charge in [-0.25, -0.2) is 0 Å². The van der Waals surface area contributed by atoms with Crippen molar-refractivity contribution in [2.75, 3.05) is 19.8 Å². The predicted molar refractivity (Wildman–Crippen MR) is 69.9 cm³/mol. The summed E-state index contributed by atoms with van der Waals surface area (Å²) in [4.78, 5) is 0. The zero-order valence-corrected chi connectivity index (χ0v) is 11.2. The van der Waals surface area contributed by atoms with E-state index < -0.39 is 0 Å². The van der Waals surface area contributed by atoms with E-state index in [1.807, 2.05) is 0 Å². The van der Waals surface area contributed by atoms with Crippen LogP contribution < -0.4 is 5.32 Å². The van der Waals surface area contributed by atoms with Crippen LogP contribution in [0.25, 0.3) is 0 Å². The van der Waals surface area contributed by atoms with Crippen molar-refractivity contribution in [3.8, 4) is 0 Å². The molecule has 0 aromatic heterocycles. The summed E-state index contributed by atoms with van der Waals surface area (Å²) in [5.41, 5.74) is 0. The third kappa shape index (κ3) is 2.68. The van der Waals surface area contributed by atoms with Crippen LogP contribution in [0.5, 0.6) is 0 Å². The molecule has 2 aliphatic carbocycles. The number of hydrogen-bond acceptors (Lipinski definition) is 2. The van der Waals surface area contributed by atoms with Crippen LogP contribution in [0, 0.1) is 23.7 Å². The standard InChI is InChI=1S/C15H27NO/c1-11(13-4-6-17-7-5-13)16-10-15-9-12-2-3-14(15)8-12/h11-16H,2-10H2,1H3. The van der Waals surface area contributed by atoms with Crippen LogP contribution in [0.3, 0.4) is 0 Å². The number of rotatable bonds is 4. The van der Waals surface area contributed by atoms with Gasteiger partial charge in [-0.2, -0.15) is 0 Å². The van der Waals surface area contributed by atoms with Crippen molar-refractivity contribution in [3.05, 3.63) is 0 Å². The third-order valence-corrected chi connectivity index (χ3v) is 5.56. The molecule has 17 heavy (non-hydrogen) atoms. The van der Waals surface area contributed by atoms with E-state index in [-0.39, 0.29) is 0 Å². The Labute approximate surface area is 105 Å². The van der Waals surface area contributed by atoms with E-state index in [9.17, 15) is 0 Å². The smallest absolute Gasteiger partial charge is 0.0469 e. The highest BCUT2D eigenvalue weighted by molar-refractivity contribution is 4.91. The second-order valence-electron chi connectivity index (χ2n) is 6.58. The van der Waals surface area contributed by atoms with Crippen LogP contribution >= 0.6 is 0 Å². The maximum absolute atomic E-state index is 5.44. The summed E-state index contributed by atoms with van der Waals surface area (Å²) in [6, 6.07) is 0.693. The van der Waals surface area contributed by atoms with Gasteiger partial charge >= 0.3 is 0 Å². The van der Waals surface area contributed by atoms with Crippen LogP contribution in [-0.2, 0) is 4.74 Å². The van der Waals surface area contributed by atoms with Crippen molar-refractivity contribution in [1.29, 1.82) is 0 Å². The monoisotopic (exact) mass is 237 g/mol. The molecule has 1 heterocycles. The Balaban J connectivity index is 1.41. The van der Waals surface area contributed by atoms with Crippen molar-refractivity contribution in [1.82, 2.24) is 5.32 Å². The van der Waals surface area contributed by atoms with Gasteiger partial charge in [0.15, 0.2) is 0 Å². The minimum Gasteiger partial charge on any atom is -0.381 e. The zero-order valence-electron chi connectivity index (χ0n) is 11.2. The number of nitrogens with one attached hydrogen (secondary N) is 1. The van der Waals surface area contributed by atoms with Gasteiger partial charge in [-0.05, 0) is 69.2 Å². The highest BCUT2D eigenvalue weighted by atomic mass is 16.5. The second-order valence-corrected chi connectivity index (χ2v) is 6.58. The lowest BCUT2D eigenvalue weighted by Crippen LogP contribution is -2.40. The fourth-order valence-electron chi connectivity index (χ4n) is 4.35. The van der Waals surface area contributed by atoms with Crippen molar-refractivity contribution >= 4 is 0 Å². The average Bonchev–Trinajstić information content (AvgIpc) is 2.99. The lowest BCUT2D eigenvalue weighted by atomic mass is 9.87. The molecular weight excluding hydrogens is 210 g/mol. The molecule has 2 bridgehead atoms. The molecule has 4 atom stereocenters. The summed E-state index contributed by atoms with van der Waals surface area (Å²) < 4.78 is 5.44. The lowest BCUT2D eigenvalue weighted by molar-refractivity contribution is 0.0551. The summed E-state index contributed by atoms with van der Waals surface area (Å²) >= 11 is 0. The molecule has 0 amide bonds. The van der Waals surface area contributed by atoms with Crippen LogP contribution in [-0.4, -0.2) is 25.8 Å². The Bertz CT molecular complexity index is 249. The van der Waals surface area contributed by atoms with Crippen LogP contribution in [0.4, 0.5) is 0 Å². The van der Waals surface area contributed by atoms with Gasteiger partial charge in [0.05, 0.1) is 0 Å². The predicted octanol–water partition coefficient (Wildman–Crippen LogP) is 2.83. The van der Waals surface area contributed by atoms with Gasteiger partial charge in [0.25, 0.3) is 0 Å². The summed E-state index contributed by atoms with van der Waals surface area (Å²) in [6.07, 6.45) is 8.60. The number of hydrogen-bond donors (Lipinski definition) is 1. The topological polar surface area (TPSA) is 21.3 Å². The van der Waals surface area contributed by atoms with E-state index in [2.05, 4.69) is 12.2 Å². The average molecular weight is 237 g/mol. The van der Waals surface area contributed by atoms with E-state index in [4.69, 9.17) is 4.74 Å². The van der Waals surface area contributed by atoms with Gasteiger partial charge in [-0.15, -0.1) is 0 Å². The second kappa shape index (κ2) is 5.27. The van der Waals surface area contributed by atoms with Gasteiger partial charge in [0.2, 0.25) is 0 Å². The molecule has 3 aliphatic rings. The number of fused-ring (bicyclic) bond motifs is 2. The highest BCUT2D eigenvalue weighted by Gasteiger charge is 2.39. The molecule has 1 aliphatic heterocycles. The molecular formula is C15H27NO. The van der Waals surface area contributed by atoms with E-state index in [1.165, 1.54) is 45.1 Å². The van der Waals surface area contributed by atoms with Crippen molar-refractivity contribution in [3.63, 3.8) is 0 Å². The molecule has 4 unspecified atom stereocenters. The van der Waals surface area contributed by atoms with Crippen molar-refractivity contribution < 1.29 is 4.74 Å². The fraction of sp³-hybridized carbons (Fsp3) is 1.00. The highest BCUT2D eigenvalue weighted by Crippen LogP contribution is 2.48. The fourth-order valence-corrected chi connectivity index (χ4v) is 4.35. The Morgan fingerprint density at radius 2 is 1.94 bits per heavy atom. The molecule has 3 rings (SSSR count). The molecule has 2 heteroatoms. The Morgan fingerprint density at radius 3 is 2.59 bits per heavy atom. The van der Waals surface area contributed by atoms with Gasteiger partial charge in [-0.3, -0.25) is 0 Å². The molecule has 98 valence electrons. The lowest BCUT2D eigenvalue weighted by Gasteiger charge is -2.30. The van der Waals surface area contributed by atoms with Gasteiger partial charge < -0.3 is 10.1 Å². The number of ether oxygens (including phenoxy) is 1. The summed E-state index contributed by atoms with van der Waals surface area (Å²) in [5.74, 6) is 4.00. The van der Waals surface area contributed by atoms with Crippen LogP contribution in [0.2, 0.25) is 0 Å². The van der Waals surface area contributed by atoms with Crippen molar-refractivity contribution in [2.45, 2.75) is 51.5 Å². The Kier molecular flexibility index (Phi) is 3.72. The Hall–Kier alpha value is -0.0800. The van der Waals surface area contributed by atoms with E-state index >= 15 is 0 Å². The van der Waals surface area contributed by atoms with E-state index in [1.54, 1.807) is 0 Å². The summed E-state index contributed by atoms with van der Waals surface area (Å²) in [6.45, 7) is 5.61. The summed E-state index contributed by atoms with van der Waals surface area (Å²) in [7, 11) is 0.